The Labute approximate surface area is 408 Å². The average Bonchev–Trinajstić information content (AvgIpc) is 3.38. The lowest BCUT2D eigenvalue weighted by Crippen LogP contribution is -2.14. The lowest BCUT2D eigenvalue weighted by atomic mass is 9.96. The Bertz CT molecular complexity index is 2900. The van der Waals surface area contributed by atoms with Gasteiger partial charge in [0.1, 0.15) is 23.0 Å². The van der Waals surface area contributed by atoms with Gasteiger partial charge in [-0.15, -0.1) is 0 Å². The molecule has 0 aromatic heterocycles. The number of hydrogen-bond donors (Lipinski definition) is 5. The number of anilines is 1. The van der Waals surface area contributed by atoms with Gasteiger partial charge in [-0.25, -0.2) is 9.59 Å². The Hall–Kier alpha value is -8.61. The van der Waals surface area contributed by atoms with Gasteiger partial charge in [0.05, 0.1) is 71.9 Å². The van der Waals surface area contributed by atoms with Gasteiger partial charge in [-0.05, 0) is 147 Å². The molecule has 6 N–H and O–H groups in total. The van der Waals surface area contributed by atoms with E-state index in [0.717, 1.165) is 32.1 Å². The maximum Gasteiger partial charge on any atom is 0.343 e. The predicted octanol–water partition coefficient (Wildman–Crippen LogP) is 10.5. The molecular formula is C53H52N6O12. The van der Waals surface area contributed by atoms with Crippen LogP contribution < -0.4 is 25.3 Å². The Morgan fingerprint density at radius 1 is 0.634 bits per heavy atom. The number of rotatable bonds is 24. The zero-order chi connectivity index (χ0) is 50.7. The SMILES string of the molecule is CCC(C)C(=O)OCCCCCCOc1ccc(C(=O)Oc2ccc(N=Nc3ccc(-c4ccc(N=Nc5ccc(OC(=O)c6ccc(O)cc6)c(CO)c5)cc4NC=O)c(C(N)=O)c3)cc2CO)cc1. The third kappa shape index (κ3) is 14.7. The third-order valence-electron chi connectivity index (χ3n) is 10.9. The van der Waals surface area contributed by atoms with Crippen LogP contribution in [-0.2, 0) is 27.5 Å². The molecule has 0 saturated carbocycles. The molecule has 6 rings (SSSR count). The number of ether oxygens (including phenoxy) is 4. The molecular weight excluding hydrogens is 913 g/mol. The Morgan fingerprint density at radius 3 is 1.65 bits per heavy atom. The normalized spacial score (nSPS) is 11.5. The monoisotopic (exact) mass is 964 g/mol. The molecule has 18 heteroatoms. The number of amides is 2. The summed E-state index contributed by atoms with van der Waals surface area (Å²) in [7, 11) is 0. The van der Waals surface area contributed by atoms with E-state index in [1.165, 1.54) is 66.7 Å². The summed E-state index contributed by atoms with van der Waals surface area (Å²) in [5.41, 5.74) is 9.16. The fourth-order valence-corrected chi connectivity index (χ4v) is 6.81. The molecule has 0 radical (unpaired) electrons. The second kappa shape index (κ2) is 25.7. The highest BCUT2D eigenvalue weighted by Crippen LogP contribution is 2.37. The number of phenols is 1. The molecule has 1 unspecified atom stereocenters. The summed E-state index contributed by atoms with van der Waals surface area (Å²) in [6, 6.07) is 30.4. The van der Waals surface area contributed by atoms with E-state index in [1.807, 2.05) is 13.8 Å². The number of nitrogens with zero attached hydrogens (tertiary/aromatic N) is 4. The molecule has 1 atom stereocenters. The van der Waals surface area contributed by atoms with E-state index in [9.17, 15) is 39.3 Å². The van der Waals surface area contributed by atoms with E-state index in [4.69, 9.17) is 24.7 Å². The van der Waals surface area contributed by atoms with Crippen molar-refractivity contribution in [1.82, 2.24) is 0 Å². The molecule has 0 aliphatic heterocycles. The molecule has 0 aliphatic carbocycles. The largest absolute Gasteiger partial charge is 0.508 e. The lowest BCUT2D eigenvalue weighted by Gasteiger charge is -2.13. The van der Waals surface area contributed by atoms with Crippen LogP contribution in [0, 0.1) is 5.92 Å². The topological polar surface area (TPSA) is 270 Å². The quantitative estimate of drug-likeness (QED) is 0.0125. The zero-order valence-electron chi connectivity index (χ0n) is 38.9. The molecule has 6 aromatic carbocycles. The van der Waals surface area contributed by atoms with Crippen molar-refractivity contribution in [3.63, 3.8) is 0 Å². The van der Waals surface area contributed by atoms with Gasteiger partial charge in [0.15, 0.2) is 0 Å². The molecule has 0 aliphatic rings. The van der Waals surface area contributed by atoms with Crippen molar-refractivity contribution < 1.29 is 58.2 Å². The minimum Gasteiger partial charge on any atom is -0.508 e. The number of carbonyl (C=O) groups is 5. The Balaban J connectivity index is 1.06. The Morgan fingerprint density at radius 2 is 1.13 bits per heavy atom. The first-order chi connectivity index (χ1) is 34.4. The number of azo groups is 2. The number of aromatic hydroxyl groups is 1. The minimum atomic E-state index is -0.785. The number of primary amides is 1. The molecule has 0 saturated heterocycles. The maximum absolute atomic E-state index is 13.0. The number of nitrogens with one attached hydrogen (secondary N) is 1. The van der Waals surface area contributed by atoms with Crippen molar-refractivity contribution in [1.29, 1.82) is 0 Å². The van der Waals surface area contributed by atoms with Crippen molar-refractivity contribution in [2.75, 3.05) is 18.5 Å². The van der Waals surface area contributed by atoms with Crippen LogP contribution in [0.4, 0.5) is 28.4 Å². The molecule has 0 bridgehead atoms. The highest BCUT2D eigenvalue weighted by molar-refractivity contribution is 6.03. The number of phenolic OH excluding ortho intramolecular Hbond substituents is 1. The molecule has 0 fully saturated rings. The molecule has 6 aromatic rings. The number of aliphatic hydroxyl groups is 2. The first-order valence-electron chi connectivity index (χ1n) is 22.6. The lowest BCUT2D eigenvalue weighted by molar-refractivity contribution is -0.148. The van der Waals surface area contributed by atoms with E-state index in [1.54, 1.807) is 54.6 Å². The van der Waals surface area contributed by atoms with Crippen molar-refractivity contribution in [2.24, 2.45) is 32.1 Å². The number of unbranched alkanes of at least 4 members (excludes halogenated alkanes) is 3. The summed E-state index contributed by atoms with van der Waals surface area (Å²) >= 11 is 0. The number of carbonyl (C=O) groups excluding carboxylic acids is 5. The van der Waals surface area contributed by atoms with Crippen molar-refractivity contribution >= 4 is 58.7 Å². The van der Waals surface area contributed by atoms with Crippen LogP contribution in [0.3, 0.4) is 0 Å². The van der Waals surface area contributed by atoms with Crippen LogP contribution in [0.2, 0.25) is 0 Å². The van der Waals surface area contributed by atoms with Crippen molar-refractivity contribution in [3.05, 3.63) is 149 Å². The maximum atomic E-state index is 13.0. The second-order valence-corrected chi connectivity index (χ2v) is 16.0. The molecule has 71 heavy (non-hydrogen) atoms. The number of nitrogens with two attached hydrogens (primary N) is 1. The highest BCUT2D eigenvalue weighted by atomic mass is 16.5. The highest BCUT2D eigenvalue weighted by Gasteiger charge is 2.18. The zero-order valence-corrected chi connectivity index (χ0v) is 38.9. The molecule has 366 valence electrons. The van der Waals surface area contributed by atoms with Crippen molar-refractivity contribution in [2.45, 2.75) is 59.2 Å². The molecule has 0 heterocycles. The van der Waals surface area contributed by atoms with E-state index in [-0.39, 0.29) is 68.3 Å². The summed E-state index contributed by atoms with van der Waals surface area (Å²) in [4.78, 5) is 61.9. The van der Waals surface area contributed by atoms with Crippen molar-refractivity contribution in [3.8, 4) is 34.1 Å². The number of hydrogen-bond acceptors (Lipinski definition) is 16. The number of benzene rings is 6. The number of esters is 3. The third-order valence-corrected chi connectivity index (χ3v) is 10.9. The van der Waals surface area contributed by atoms with Gasteiger partial charge in [0.25, 0.3) is 0 Å². The molecule has 18 nitrogen and oxygen atoms in total. The van der Waals surface area contributed by atoms with E-state index in [0.29, 0.717) is 53.6 Å². The summed E-state index contributed by atoms with van der Waals surface area (Å²) in [5, 5.41) is 49.2. The van der Waals surface area contributed by atoms with Gasteiger partial charge in [-0.2, -0.15) is 20.5 Å². The predicted molar refractivity (Wildman–Crippen MR) is 262 cm³/mol. The van der Waals surface area contributed by atoms with Gasteiger partial charge >= 0.3 is 17.9 Å². The van der Waals surface area contributed by atoms with E-state index >= 15 is 0 Å². The molecule has 0 spiro atoms. The first kappa shape index (κ1) is 51.8. The first-order valence-corrected chi connectivity index (χ1v) is 22.6. The minimum absolute atomic E-state index is 0.00790. The van der Waals surface area contributed by atoms with Crippen LogP contribution in [0.25, 0.3) is 11.1 Å². The smallest absolute Gasteiger partial charge is 0.343 e. The molecule has 2 amide bonds. The van der Waals surface area contributed by atoms with Crippen LogP contribution in [0.1, 0.15) is 88.2 Å². The van der Waals surface area contributed by atoms with E-state index in [2.05, 4.69) is 25.8 Å². The van der Waals surface area contributed by atoms with Crippen LogP contribution >= 0.6 is 0 Å². The Kier molecular flexibility index (Phi) is 18.7. The van der Waals surface area contributed by atoms with Gasteiger partial charge in [-0.1, -0.05) is 26.0 Å². The summed E-state index contributed by atoms with van der Waals surface area (Å²) in [6.45, 7) is 3.78. The van der Waals surface area contributed by atoms with Gasteiger partial charge in [-0.3, -0.25) is 14.4 Å². The average molecular weight is 965 g/mol. The van der Waals surface area contributed by atoms with E-state index < -0.39 is 31.1 Å². The standard InChI is InChI=1S/C53H52N6O12/c1-3-33(2)51(65)69-25-7-5-4-6-24-68-43-18-10-35(11-19-43)53(67)71-49-22-14-38(26-36(49)30-60)56-58-40-12-20-44(46(28-40)50(54)64)45-21-13-41(29-47(45)55-32-62)59-57-39-15-23-48(37(27-39)31-61)70-52(66)34-8-16-42(63)17-9-34/h8-23,26-29,32-33,60-61,63H,3-7,24-25,30-31H2,1-2H3,(H2,54,64)(H,55,62). The fraction of sp³-hybridized carbons (Fsp3) is 0.226. The van der Waals surface area contributed by atoms with Crippen LogP contribution in [-0.4, -0.2) is 58.8 Å². The summed E-state index contributed by atoms with van der Waals surface area (Å²) in [5.74, 6) is -1.54. The van der Waals surface area contributed by atoms with Crippen LogP contribution in [0.5, 0.6) is 23.0 Å². The second-order valence-electron chi connectivity index (χ2n) is 16.0. The summed E-state index contributed by atoms with van der Waals surface area (Å²) in [6.07, 6.45) is 4.67. The fourth-order valence-electron chi connectivity index (χ4n) is 6.81. The van der Waals surface area contributed by atoms with Gasteiger partial charge in [0, 0.05) is 22.3 Å². The van der Waals surface area contributed by atoms with Crippen LogP contribution in [0.15, 0.2) is 142 Å². The van der Waals surface area contributed by atoms with Gasteiger partial charge in [0.2, 0.25) is 12.3 Å². The van der Waals surface area contributed by atoms with Gasteiger partial charge < -0.3 is 45.3 Å². The summed E-state index contributed by atoms with van der Waals surface area (Å²) < 4.78 is 22.1. The number of aliphatic hydroxyl groups excluding tert-OH is 2.